The van der Waals surface area contributed by atoms with Gasteiger partial charge in [-0.15, -0.1) is 0 Å². The summed E-state index contributed by atoms with van der Waals surface area (Å²) in [4.78, 5) is 12.1. The van der Waals surface area contributed by atoms with E-state index in [2.05, 4.69) is 0 Å². The number of hydrogen-bond acceptors (Lipinski definition) is 5. The zero-order valence-electron chi connectivity index (χ0n) is 13.4. The highest BCUT2D eigenvalue weighted by molar-refractivity contribution is 7.91. The minimum Gasteiger partial charge on any atom is -0.497 e. The van der Waals surface area contributed by atoms with Gasteiger partial charge < -0.3 is 9.47 Å². The predicted octanol–water partition coefficient (Wildman–Crippen LogP) is 2.73. The van der Waals surface area contributed by atoms with Gasteiger partial charge in [-0.25, -0.2) is 13.2 Å². The van der Waals surface area contributed by atoms with Crippen LogP contribution in [0.15, 0.2) is 65.1 Å². The second-order valence-corrected chi connectivity index (χ2v) is 7.00. The molecule has 0 aliphatic heterocycles. The van der Waals surface area contributed by atoms with Gasteiger partial charge in [-0.05, 0) is 35.9 Å². The summed E-state index contributed by atoms with van der Waals surface area (Å²) >= 11 is 0. The highest BCUT2D eigenvalue weighted by Crippen LogP contribution is 2.18. The van der Waals surface area contributed by atoms with Gasteiger partial charge in [0.05, 0.1) is 30.4 Å². The van der Waals surface area contributed by atoms with Gasteiger partial charge in [0.25, 0.3) is 0 Å². The van der Waals surface area contributed by atoms with E-state index in [9.17, 15) is 13.2 Å². The third kappa shape index (κ3) is 4.45. The van der Waals surface area contributed by atoms with E-state index in [0.717, 1.165) is 0 Å². The Morgan fingerprint density at radius 3 is 2.17 bits per heavy atom. The van der Waals surface area contributed by atoms with E-state index >= 15 is 0 Å². The van der Waals surface area contributed by atoms with E-state index < -0.39 is 21.6 Å². The lowest BCUT2D eigenvalue weighted by molar-refractivity contribution is -0.135. The second kappa shape index (κ2) is 7.79. The lowest BCUT2D eigenvalue weighted by Gasteiger charge is -2.08. The molecule has 0 heterocycles. The number of methoxy groups -OCH3 is 2. The van der Waals surface area contributed by atoms with Gasteiger partial charge in [0.1, 0.15) is 5.75 Å². The summed E-state index contributed by atoms with van der Waals surface area (Å²) < 4.78 is 34.8. The smallest absolute Gasteiger partial charge is 0.334 e. The Hall–Kier alpha value is -2.60. The van der Waals surface area contributed by atoms with Crippen molar-refractivity contribution in [3.05, 3.63) is 65.7 Å². The first-order valence-corrected chi connectivity index (χ1v) is 8.82. The van der Waals surface area contributed by atoms with Crippen molar-refractivity contribution in [1.29, 1.82) is 0 Å². The Labute approximate surface area is 141 Å². The summed E-state index contributed by atoms with van der Waals surface area (Å²) in [7, 11) is -0.867. The zero-order valence-corrected chi connectivity index (χ0v) is 14.2. The Morgan fingerprint density at radius 2 is 1.62 bits per heavy atom. The molecule has 126 valence electrons. The largest absolute Gasteiger partial charge is 0.497 e. The number of hydrogen-bond donors (Lipinski definition) is 0. The normalized spacial score (nSPS) is 11.8. The molecule has 2 aromatic rings. The fraction of sp³-hybridized carbons (Fsp3) is 0.167. The SMILES string of the molecule is COC(=O)/C(=C\c1ccc(OC)cc1)CS(=O)(=O)c1ccccc1. The molecule has 24 heavy (non-hydrogen) atoms. The molecule has 0 bridgehead atoms. The quantitative estimate of drug-likeness (QED) is 0.594. The fourth-order valence-electron chi connectivity index (χ4n) is 2.11. The van der Waals surface area contributed by atoms with Crippen LogP contribution in [-0.4, -0.2) is 34.4 Å². The van der Waals surface area contributed by atoms with Crippen molar-refractivity contribution in [3.8, 4) is 5.75 Å². The molecule has 0 fully saturated rings. The lowest BCUT2D eigenvalue weighted by Crippen LogP contribution is -2.16. The second-order valence-electron chi connectivity index (χ2n) is 5.01. The van der Waals surface area contributed by atoms with Crippen LogP contribution in [-0.2, 0) is 19.4 Å². The molecule has 0 aromatic heterocycles. The van der Waals surface area contributed by atoms with Gasteiger partial charge in [0.15, 0.2) is 9.84 Å². The van der Waals surface area contributed by atoms with Crippen LogP contribution in [0.2, 0.25) is 0 Å². The van der Waals surface area contributed by atoms with Crippen LogP contribution >= 0.6 is 0 Å². The Balaban J connectivity index is 2.35. The number of carbonyl (C=O) groups is 1. The van der Waals surface area contributed by atoms with Gasteiger partial charge in [-0.3, -0.25) is 0 Å². The van der Waals surface area contributed by atoms with Gasteiger partial charge in [0, 0.05) is 0 Å². The lowest BCUT2D eigenvalue weighted by atomic mass is 10.1. The summed E-state index contributed by atoms with van der Waals surface area (Å²) in [5, 5.41) is 0. The molecule has 0 aliphatic carbocycles. The molecule has 0 unspecified atom stereocenters. The molecule has 0 saturated heterocycles. The zero-order chi connectivity index (χ0) is 17.6. The van der Waals surface area contributed by atoms with Crippen LogP contribution in [0, 0.1) is 0 Å². The molecule has 6 heteroatoms. The fourth-order valence-corrected chi connectivity index (χ4v) is 3.46. The summed E-state index contributed by atoms with van der Waals surface area (Å²) in [6, 6.07) is 14.9. The Kier molecular flexibility index (Phi) is 5.76. The van der Waals surface area contributed by atoms with E-state index in [4.69, 9.17) is 9.47 Å². The number of carbonyl (C=O) groups excluding carboxylic acids is 1. The van der Waals surface area contributed by atoms with Crippen molar-refractivity contribution in [1.82, 2.24) is 0 Å². The summed E-state index contributed by atoms with van der Waals surface area (Å²) in [5.41, 5.74) is 0.742. The van der Waals surface area contributed by atoms with Crippen LogP contribution in [0.5, 0.6) is 5.75 Å². The van der Waals surface area contributed by atoms with Gasteiger partial charge >= 0.3 is 5.97 Å². The van der Waals surface area contributed by atoms with Gasteiger partial charge in [0.2, 0.25) is 0 Å². The van der Waals surface area contributed by atoms with Crippen molar-refractivity contribution < 1.29 is 22.7 Å². The maximum absolute atomic E-state index is 12.5. The third-order valence-corrected chi connectivity index (χ3v) is 5.03. The Bertz CT molecular complexity index is 821. The van der Waals surface area contributed by atoms with Crippen LogP contribution in [0.4, 0.5) is 0 Å². The minimum absolute atomic E-state index is 0.0616. The summed E-state index contributed by atoms with van der Waals surface area (Å²) in [5.74, 6) is -0.440. The number of sulfone groups is 1. The van der Waals surface area contributed by atoms with Gasteiger partial charge in [-0.2, -0.15) is 0 Å². The predicted molar refractivity (Wildman–Crippen MR) is 91.5 cm³/mol. The van der Waals surface area contributed by atoms with Crippen LogP contribution in [0.3, 0.4) is 0 Å². The summed E-state index contributed by atoms with van der Waals surface area (Å²) in [6.45, 7) is 0. The van der Waals surface area contributed by atoms with Crippen molar-refractivity contribution in [2.45, 2.75) is 4.90 Å². The number of esters is 1. The number of ether oxygens (including phenoxy) is 2. The van der Waals surface area contributed by atoms with E-state index in [1.54, 1.807) is 49.6 Å². The molecule has 5 nitrogen and oxygen atoms in total. The topological polar surface area (TPSA) is 69.7 Å². The summed E-state index contributed by atoms with van der Waals surface area (Å²) in [6.07, 6.45) is 1.51. The molecular formula is C18H18O5S. The highest BCUT2D eigenvalue weighted by atomic mass is 32.2. The monoisotopic (exact) mass is 346 g/mol. The van der Waals surface area contributed by atoms with Crippen LogP contribution < -0.4 is 4.74 Å². The van der Waals surface area contributed by atoms with E-state index in [0.29, 0.717) is 11.3 Å². The molecule has 0 spiro atoms. The molecule has 0 atom stereocenters. The van der Waals surface area contributed by atoms with Crippen LogP contribution in [0.1, 0.15) is 5.56 Å². The van der Waals surface area contributed by atoms with Gasteiger partial charge in [-0.1, -0.05) is 30.3 Å². The average molecular weight is 346 g/mol. The number of rotatable bonds is 6. The average Bonchev–Trinajstić information content (AvgIpc) is 2.61. The van der Waals surface area contributed by atoms with Crippen molar-refractivity contribution in [2.24, 2.45) is 0 Å². The first kappa shape index (κ1) is 17.7. The number of benzene rings is 2. The third-order valence-electron chi connectivity index (χ3n) is 3.35. The van der Waals surface area contributed by atoms with E-state index in [1.807, 2.05) is 0 Å². The maximum atomic E-state index is 12.5. The highest BCUT2D eigenvalue weighted by Gasteiger charge is 2.21. The van der Waals surface area contributed by atoms with Crippen molar-refractivity contribution in [3.63, 3.8) is 0 Å². The molecule has 0 aliphatic rings. The van der Waals surface area contributed by atoms with Crippen molar-refractivity contribution in [2.75, 3.05) is 20.0 Å². The minimum atomic E-state index is -3.64. The van der Waals surface area contributed by atoms with E-state index in [-0.39, 0.29) is 10.5 Å². The molecule has 2 rings (SSSR count). The first-order chi connectivity index (χ1) is 11.5. The molecule has 2 aromatic carbocycles. The standard InChI is InChI=1S/C18H18O5S/c1-22-16-10-8-14(9-11-16)12-15(18(19)23-2)13-24(20,21)17-6-4-3-5-7-17/h3-12H,13H2,1-2H3/b15-12-. The van der Waals surface area contributed by atoms with Crippen LogP contribution in [0.25, 0.3) is 6.08 Å². The first-order valence-electron chi connectivity index (χ1n) is 7.17. The Morgan fingerprint density at radius 1 is 1.00 bits per heavy atom. The molecule has 0 N–H and O–H groups in total. The van der Waals surface area contributed by atoms with Crippen molar-refractivity contribution >= 4 is 21.9 Å². The molecule has 0 saturated carbocycles. The maximum Gasteiger partial charge on any atom is 0.334 e. The molecule has 0 amide bonds. The molecule has 0 radical (unpaired) electrons. The molecular weight excluding hydrogens is 328 g/mol. The van der Waals surface area contributed by atoms with E-state index in [1.165, 1.54) is 25.3 Å².